The monoisotopic (exact) mass is 371 g/mol. The Labute approximate surface area is 145 Å². The van der Waals surface area contributed by atoms with E-state index in [2.05, 4.69) is 10.1 Å². The molecular weight excluding hydrogens is 354 g/mol. The summed E-state index contributed by atoms with van der Waals surface area (Å²) >= 11 is 6.16. The number of carbonyl (C=O) groups excluding carboxylic acids is 1. The van der Waals surface area contributed by atoms with Gasteiger partial charge < -0.3 is 4.90 Å². The predicted molar refractivity (Wildman–Crippen MR) is 91.9 cm³/mol. The molecule has 0 bridgehead atoms. The summed E-state index contributed by atoms with van der Waals surface area (Å²) in [6.07, 6.45) is 5.91. The Hall–Kier alpha value is -1.97. The molecule has 0 saturated carbocycles. The minimum Gasteiger partial charge on any atom is -0.307 e. The first-order valence-electron chi connectivity index (χ1n) is 7.11. The lowest BCUT2D eigenvalue weighted by Gasteiger charge is -2.22. The van der Waals surface area contributed by atoms with Gasteiger partial charge in [-0.2, -0.15) is 9.40 Å². The molecule has 0 aliphatic rings. The second-order valence-electron chi connectivity index (χ2n) is 5.12. The zero-order valence-electron chi connectivity index (χ0n) is 13.5. The molecule has 24 heavy (non-hydrogen) atoms. The van der Waals surface area contributed by atoms with Gasteiger partial charge >= 0.3 is 0 Å². The summed E-state index contributed by atoms with van der Waals surface area (Å²) in [5.74, 6) is -0.391. The summed E-state index contributed by atoms with van der Waals surface area (Å²) in [6, 6.07) is 3.56. The fourth-order valence-electron chi connectivity index (χ4n) is 2.02. The van der Waals surface area contributed by atoms with Crippen LogP contribution < -0.4 is 4.90 Å². The number of aromatic nitrogens is 3. The van der Waals surface area contributed by atoms with E-state index in [1.807, 2.05) is 0 Å². The van der Waals surface area contributed by atoms with Crippen molar-refractivity contribution in [2.24, 2.45) is 0 Å². The molecule has 130 valence electrons. The first-order chi connectivity index (χ1) is 11.2. The molecule has 0 atom stereocenters. The molecule has 0 aliphatic carbocycles. The van der Waals surface area contributed by atoms with Crippen LogP contribution in [0.15, 0.2) is 30.7 Å². The van der Waals surface area contributed by atoms with Gasteiger partial charge in [-0.15, -0.1) is 0 Å². The van der Waals surface area contributed by atoms with Gasteiger partial charge in [0.2, 0.25) is 15.9 Å². The topological polar surface area (TPSA) is 88.4 Å². The largest absolute Gasteiger partial charge is 0.307 e. The van der Waals surface area contributed by atoms with E-state index in [-0.39, 0.29) is 11.7 Å². The van der Waals surface area contributed by atoms with Gasteiger partial charge in [0, 0.05) is 19.8 Å². The van der Waals surface area contributed by atoms with Crippen molar-refractivity contribution in [1.82, 2.24) is 19.1 Å². The predicted octanol–water partition coefficient (Wildman–Crippen LogP) is 1.16. The summed E-state index contributed by atoms with van der Waals surface area (Å²) in [5.41, 5.74) is 1.11. The molecule has 0 aromatic carbocycles. The maximum atomic E-state index is 12.4. The Morgan fingerprint density at radius 3 is 2.67 bits per heavy atom. The summed E-state index contributed by atoms with van der Waals surface area (Å²) in [6.45, 7) is 1.83. The minimum absolute atomic E-state index is 0.149. The first-order valence-corrected chi connectivity index (χ1v) is 9.34. The smallest absolute Gasteiger partial charge is 0.242 e. The second kappa shape index (κ2) is 7.29. The molecule has 2 aromatic heterocycles. The average Bonchev–Trinajstić information content (AvgIpc) is 2.90. The number of pyridine rings is 1. The maximum Gasteiger partial charge on any atom is 0.242 e. The molecule has 0 saturated heterocycles. The highest BCUT2D eigenvalue weighted by atomic mass is 35.5. The second-order valence-corrected chi connectivity index (χ2v) is 7.57. The molecule has 1 amide bonds. The van der Waals surface area contributed by atoms with Crippen molar-refractivity contribution in [2.75, 3.05) is 31.3 Å². The molecule has 2 heterocycles. The number of sulfonamides is 1. The number of hydrogen-bond acceptors (Lipinski definition) is 5. The zero-order valence-corrected chi connectivity index (χ0v) is 15.1. The molecule has 0 unspecified atom stereocenters. The van der Waals surface area contributed by atoms with Crippen LogP contribution in [0.1, 0.15) is 6.92 Å². The summed E-state index contributed by atoms with van der Waals surface area (Å²) in [7, 11) is -2.10. The van der Waals surface area contributed by atoms with Gasteiger partial charge in [-0.25, -0.2) is 13.1 Å². The molecule has 2 rings (SSSR count). The molecule has 0 N–H and O–H groups in total. The minimum atomic E-state index is -3.45. The van der Waals surface area contributed by atoms with Crippen LogP contribution in [0, 0.1) is 0 Å². The van der Waals surface area contributed by atoms with Crippen LogP contribution in [-0.2, 0) is 14.8 Å². The van der Waals surface area contributed by atoms with Crippen molar-refractivity contribution in [3.63, 3.8) is 0 Å². The number of likely N-dealkylation sites (N-methyl/N-ethyl adjacent to an activating group) is 2. The van der Waals surface area contributed by atoms with E-state index in [1.165, 1.54) is 16.6 Å². The van der Waals surface area contributed by atoms with Crippen LogP contribution >= 0.6 is 11.6 Å². The van der Waals surface area contributed by atoms with E-state index < -0.39 is 15.9 Å². The highest BCUT2D eigenvalue weighted by molar-refractivity contribution is 7.88. The third-order valence-electron chi connectivity index (χ3n) is 3.39. The van der Waals surface area contributed by atoms with Gasteiger partial charge in [-0.05, 0) is 19.1 Å². The quantitative estimate of drug-likeness (QED) is 0.760. The number of rotatable bonds is 6. The molecule has 0 radical (unpaired) electrons. The van der Waals surface area contributed by atoms with Crippen molar-refractivity contribution in [1.29, 1.82) is 0 Å². The molecule has 0 aliphatic heterocycles. The van der Waals surface area contributed by atoms with Gasteiger partial charge in [-0.1, -0.05) is 11.6 Å². The van der Waals surface area contributed by atoms with E-state index in [9.17, 15) is 13.2 Å². The molecule has 0 spiro atoms. The van der Waals surface area contributed by atoms with E-state index >= 15 is 0 Å². The average molecular weight is 372 g/mol. The van der Waals surface area contributed by atoms with Crippen LogP contribution in [0.3, 0.4) is 0 Å². The Kier molecular flexibility index (Phi) is 5.58. The SMILES string of the molecule is CCN(C(=O)CN(C)S(C)(=O)=O)c1cn(-c2cccnc2)nc1Cl. The van der Waals surface area contributed by atoms with Crippen LogP contribution in [0.4, 0.5) is 5.69 Å². The van der Waals surface area contributed by atoms with Crippen LogP contribution in [0.5, 0.6) is 0 Å². The van der Waals surface area contributed by atoms with Gasteiger partial charge in [0.15, 0.2) is 5.15 Å². The van der Waals surface area contributed by atoms with Crippen molar-refractivity contribution in [3.8, 4) is 5.69 Å². The van der Waals surface area contributed by atoms with E-state index in [0.29, 0.717) is 17.9 Å². The van der Waals surface area contributed by atoms with Crippen LogP contribution in [0.25, 0.3) is 5.69 Å². The maximum absolute atomic E-state index is 12.4. The van der Waals surface area contributed by atoms with Gasteiger partial charge in [0.1, 0.15) is 5.69 Å². The van der Waals surface area contributed by atoms with E-state index in [0.717, 1.165) is 10.6 Å². The van der Waals surface area contributed by atoms with Gasteiger partial charge in [0.05, 0.1) is 30.9 Å². The van der Waals surface area contributed by atoms with Gasteiger partial charge in [-0.3, -0.25) is 9.78 Å². The fraction of sp³-hybridized carbons (Fsp3) is 0.357. The Morgan fingerprint density at radius 2 is 2.12 bits per heavy atom. The summed E-state index contributed by atoms with van der Waals surface area (Å²) < 4.78 is 25.5. The molecular formula is C14H18ClN5O3S. The number of nitrogens with zero attached hydrogens (tertiary/aromatic N) is 5. The number of hydrogen-bond donors (Lipinski definition) is 0. The van der Waals surface area contributed by atoms with E-state index in [1.54, 1.807) is 37.6 Å². The fourth-order valence-corrected chi connectivity index (χ4v) is 2.60. The summed E-state index contributed by atoms with van der Waals surface area (Å²) in [5, 5.41) is 4.33. The van der Waals surface area contributed by atoms with Crippen molar-refractivity contribution in [3.05, 3.63) is 35.9 Å². The molecule has 0 fully saturated rings. The Balaban J connectivity index is 2.28. The molecule has 10 heteroatoms. The number of halogens is 1. The van der Waals surface area contributed by atoms with Crippen molar-refractivity contribution < 1.29 is 13.2 Å². The number of carbonyl (C=O) groups is 1. The van der Waals surface area contributed by atoms with Crippen molar-refractivity contribution >= 4 is 33.2 Å². The summed E-state index contributed by atoms with van der Waals surface area (Å²) in [4.78, 5) is 17.8. The van der Waals surface area contributed by atoms with E-state index in [4.69, 9.17) is 11.6 Å². The standard InChI is InChI=1S/C14H18ClN5O3S/c1-4-19(13(21)10-18(2)24(3,22)23)12-9-20(17-14(12)15)11-6-5-7-16-8-11/h5-9H,4,10H2,1-3H3. The van der Waals surface area contributed by atoms with Crippen LogP contribution in [0.2, 0.25) is 5.15 Å². The van der Waals surface area contributed by atoms with Gasteiger partial charge in [0.25, 0.3) is 0 Å². The zero-order chi connectivity index (χ0) is 17.9. The lowest BCUT2D eigenvalue weighted by Crippen LogP contribution is -2.40. The third-order valence-corrected chi connectivity index (χ3v) is 4.92. The molecule has 8 nitrogen and oxygen atoms in total. The first kappa shape index (κ1) is 18.4. The number of anilines is 1. The van der Waals surface area contributed by atoms with Crippen LogP contribution in [-0.4, -0.2) is 59.8 Å². The third kappa shape index (κ3) is 4.11. The number of amides is 1. The Morgan fingerprint density at radius 1 is 1.42 bits per heavy atom. The highest BCUT2D eigenvalue weighted by Gasteiger charge is 2.23. The Bertz CT molecular complexity index is 822. The highest BCUT2D eigenvalue weighted by Crippen LogP contribution is 2.26. The lowest BCUT2D eigenvalue weighted by molar-refractivity contribution is -0.118. The lowest BCUT2D eigenvalue weighted by atomic mass is 10.4. The van der Waals surface area contributed by atoms with Crippen molar-refractivity contribution in [2.45, 2.75) is 6.92 Å². The normalized spacial score (nSPS) is 11.7. The molecule has 2 aromatic rings.